The molecule has 0 bridgehead atoms. The topological polar surface area (TPSA) is 85.2 Å². The van der Waals surface area contributed by atoms with Crippen LogP contribution in [0.2, 0.25) is 0 Å². The molecule has 0 saturated carbocycles. The zero-order valence-electron chi connectivity index (χ0n) is 9.99. The Hall–Kier alpha value is -2.37. The number of nitroso groups, excluding NO2 is 1. The number of ether oxygens (including phenoxy) is 2. The molecule has 0 fully saturated rings. The Balaban J connectivity index is 3.07. The summed E-state index contributed by atoms with van der Waals surface area (Å²) in [4.78, 5) is 20.9. The van der Waals surface area contributed by atoms with E-state index in [1.54, 1.807) is 18.2 Å². The fraction of sp³-hybridized carbons (Fsp3) is 0.250. The van der Waals surface area contributed by atoms with Crippen LogP contribution < -0.4 is 9.47 Å². The number of carbonyl (C=O) groups is 1. The Morgan fingerprint density at radius 3 is 2.61 bits per heavy atom. The molecular weight excluding hydrogens is 238 g/mol. The van der Waals surface area contributed by atoms with E-state index < -0.39 is 12.0 Å². The van der Waals surface area contributed by atoms with Gasteiger partial charge in [0.1, 0.15) is 0 Å². The van der Waals surface area contributed by atoms with E-state index >= 15 is 0 Å². The molecule has 1 rings (SSSR count). The summed E-state index contributed by atoms with van der Waals surface area (Å²) in [5, 5.41) is 11.2. The van der Waals surface area contributed by atoms with Crippen molar-refractivity contribution in [2.75, 3.05) is 14.2 Å². The van der Waals surface area contributed by atoms with Crippen molar-refractivity contribution in [1.82, 2.24) is 0 Å². The molecule has 0 aliphatic heterocycles. The molecule has 0 spiro atoms. The van der Waals surface area contributed by atoms with Crippen molar-refractivity contribution < 1.29 is 19.4 Å². The van der Waals surface area contributed by atoms with Crippen molar-refractivity contribution in [3.05, 3.63) is 34.7 Å². The molecule has 6 heteroatoms. The van der Waals surface area contributed by atoms with E-state index in [0.717, 1.165) is 0 Å². The molecule has 0 heterocycles. The monoisotopic (exact) mass is 251 g/mol. The van der Waals surface area contributed by atoms with Crippen LogP contribution in [0.1, 0.15) is 5.56 Å². The van der Waals surface area contributed by atoms with Crippen LogP contribution in [-0.4, -0.2) is 31.3 Å². The maximum atomic E-state index is 10.6. The molecule has 96 valence electrons. The van der Waals surface area contributed by atoms with Crippen LogP contribution in [0, 0.1) is 4.91 Å². The maximum absolute atomic E-state index is 10.6. The lowest BCUT2D eigenvalue weighted by Crippen LogP contribution is -2.13. The van der Waals surface area contributed by atoms with E-state index in [4.69, 9.17) is 14.6 Å². The standard InChI is InChI=1S/C12H13NO5/c1-17-10-5-3-4-8(11(10)18-2)6-7-9(13-16)12(14)15/h3-7,9H,1-2H3,(H,14,15). The lowest BCUT2D eigenvalue weighted by molar-refractivity contribution is -0.137. The van der Waals surface area contributed by atoms with E-state index in [1.807, 2.05) is 0 Å². The first-order valence-corrected chi connectivity index (χ1v) is 5.08. The Labute approximate surface area is 104 Å². The SMILES string of the molecule is COc1cccc(C=CC(N=O)C(=O)O)c1OC. The van der Waals surface area contributed by atoms with Gasteiger partial charge in [0.25, 0.3) is 0 Å². The fourth-order valence-electron chi connectivity index (χ4n) is 1.40. The molecule has 1 aromatic carbocycles. The molecule has 1 unspecified atom stereocenters. The number of aliphatic carboxylic acids is 1. The third kappa shape index (κ3) is 3.07. The van der Waals surface area contributed by atoms with Gasteiger partial charge >= 0.3 is 5.97 Å². The molecular formula is C12H13NO5. The number of hydrogen-bond donors (Lipinski definition) is 1. The van der Waals surface area contributed by atoms with E-state index in [0.29, 0.717) is 17.1 Å². The minimum absolute atomic E-state index is 0.464. The average molecular weight is 251 g/mol. The summed E-state index contributed by atoms with van der Waals surface area (Å²) in [5.41, 5.74) is 0.603. The van der Waals surface area contributed by atoms with Crippen LogP contribution in [-0.2, 0) is 4.79 Å². The molecule has 0 saturated heterocycles. The zero-order chi connectivity index (χ0) is 13.5. The maximum Gasteiger partial charge on any atom is 0.336 e. The van der Waals surface area contributed by atoms with Gasteiger partial charge in [-0.05, 0) is 12.1 Å². The van der Waals surface area contributed by atoms with E-state index in [2.05, 4.69) is 5.18 Å². The second kappa shape index (κ2) is 6.39. The number of nitrogens with zero attached hydrogens (tertiary/aromatic N) is 1. The molecule has 0 aromatic heterocycles. The summed E-state index contributed by atoms with van der Waals surface area (Å²) in [6.45, 7) is 0. The van der Waals surface area contributed by atoms with Crippen LogP contribution in [0.5, 0.6) is 11.5 Å². The van der Waals surface area contributed by atoms with Gasteiger partial charge in [-0.1, -0.05) is 23.4 Å². The van der Waals surface area contributed by atoms with Gasteiger partial charge in [-0.15, -0.1) is 4.91 Å². The highest BCUT2D eigenvalue weighted by atomic mass is 16.5. The highest BCUT2D eigenvalue weighted by Gasteiger charge is 2.14. The lowest BCUT2D eigenvalue weighted by atomic mass is 10.1. The lowest BCUT2D eigenvalue weighted by Gasteiger charge is -2.09. The molecule has 0 aliphatic carbocycles. The Morgan fingerprint density at radius 1 is 1.39 bits per heavy atom. The van der Waals surface area contributed by atoms with Crippen LogP contribution in [0.25, 0.3) is 6.08 Å². The minimum atomic E-state index is -1.42. The molecule has 1 N–H and O–H groups in total. The molecule has 0 aliphatic rings. The summed E-state index contributed by atoms with van der Waals surface area (Å²) < 4.78 is 10.3. The van der Waals surface area contributed by atoms with Crippen LogP contribution in [0.15, 0.2) is 29.5 Å². The fourth-order valence-corrected chi connectivity index (χ4v) is 1.40. The second-order valence-electron chi connectivity index (χ2n) is 3.33. The van der Waals surface area contributed by atoms with Gasteiger partial charge in [-0.2, -0.15) is 0 Å². The predicted octanol–water partition coefficient (Wildman–Crippen LogP) is 1.94. The van der Waals surface area contributed by atoms with Gasteiger partial charge in [0, 0.05) is 5.56 Å². The van der Waals surface area contributed by atoms with Crippen molar-refractivity contribution in [2.24, 2.45) is 5.18 Å². The minimum Gasteiger partial charge on any atom is -0.493 e. The number of hydrogen-bond acceptors (Lipinski definition) is 5. The van der Waals surface area contributed by atoms with Crippen molar-refractivity contribution in [3.8, 4) is 11.5 Å². The summed E-state index contributed by atoms with van der Waals surface area (Å²) in [7, 11) is 2.97. The van der Waals surface area contributed by atoms with Gasteiger partial charge in [0.2, 0.25) is 6.04 Å². The number of methoxy groups -OCH3 is 2. The summed E-state index contributed by atoms with van der Waals surface area (Å²) in [5.74, 6) is -0.319. The first-order valence-electron chi connectivity index (χ1n) is 5.08. The third-order valence-corrected chi connectivity index (χ3v) is 2.26. The van der Waals surface area contributed by atoms with Crippen molar-refractivity contribution in [3.63, 3.8) is 0 Å². The van der Waals surface area contributed by atoms with Crippen molar-refractivity contribution in [2.45, 2.75) is 6.04 Å². The third-order valence-electron chi connectivity index (χ3n) is 2.26. The first kappa shape index (κ1) is 13.7. The van der Waals surface area contributed by atoms with Gasteiger partial charge in [0.05, 0.1) is 14.2 Å². The summed E-state index contributed by atoms with van der Waals surface area (Å²) >= 11 is 0. The zero-order valence-corrected chi connectivity index (χ0v) is 9.99. The molecule has 0 amide bonds. The van der Waals surface area contributed by atoms with Gasteiger partial charge in [0.15, 0.2) is 11.5 Å². The van der Waals surface area contributed by atoms with Crippen LogP contribution in [0.4, 0.5) is 0 Å². The first-order chi connectivity index (χ1) is 8.63. The predicted molar refractivity (Wildman–Crippen MR) is 65.8 cm³/mol. The molecule has 6 nitrogen and oxygen atoms in total. The highest BCUT2D eigenvalue weighted by Crippen LogP contribution is 2.31. The second-order valence-corrected chi connectivity index (χ2v) is 3.33. The molecule has 1 aromatic rings. The normalized spacial score (nSPS) is 12.1. The van der Waals surface area contributed by atoms with Crippen LogP contribution >= 0.6 is 0 Å². The van der Waals surface area contributed by atoms with E-state index in [9.17, 15) is 9.70 Å². The smallest absolute Gasteiger partial charge is 0.336 e. The van der Waals surface area contributed by atoms with E-state index in [1.165, 1.54) is 26.4 Å². The number of benzene rings is 1. The summed E-state index contributed by atoms with van der Waals surface area (Å²) in [6, 6.07) is 3.73. The quantitative estimate of drug-likeness (QED) is 0.781. The number of carboxylic acid groups (broad SMARTS) is 1. The van der Waals surface area contributed by atoms with E-state index in [-0.39, 0.29) is 0 Å². The van der Waals surface area contributed by atoms with Gasteiger partial charge in [-0.25, -0.2) is 4.79 Å². The average Bonchev–Trinajstić information content (AvgIpc) is 2.38. The van der Waals surface area contributed by atoms with Gasteiger partial charge in [-0.3, -0.25) is 0 Å². The van der Waals surface area contributed by atoms with Crippen molar-refractivity contribution >= 4 is 12.0 Å². The largest absolute Gasteiger partial charge is 0.493 e. The molecule has 1 atom stereocenters. The number of para-hydroxylation sites is 1. The Bertz CT molecular complexity index is 470. The Kier molecular flexibility index (Phi) is 4.86. The Morgan fingerprint density at radius 2 is 2.11 bits per heavy atom. The summed E-state index contributed by atoms with van der Waals surface area (Å²) in [6.07, 6.45) is 2.65. The van der Waals surface area contributed by atoms with Crippen molar-refractivity contribution in [1.29, 1.82) is 0 Å². The number of carboxylic acids is 1. The molecule has 18 heavy (non-hydrogen) atoms. The molecule has 0 radical (unpaired) electrons. The van der Waals surface area contributed by atoms with Gasteiger partial charge < -0.3 is 14.6 Å². The van der Waals surface area contributed by atoms with Crippen LogP contribution in [0.3, 0.4) is 0 Å². The number of rotatable bonds is 6. The highest BCUT2D eigenvalue weighted by molar-refractivity contribution is 5.78.